The standard InChI is InChI=1S/C24H27N3O2S/c1-17-11-13-19(14-12-17)30(28,29)27-16-21(20-9-5-6-10-23(20)27)22-15-25-24(26-22)18-7-3-2-4-8-18/h5-6,9-14,16,18,22H,2-4,7-8,15H2,1H3,(H,25,26). The van der Waals surface area contributed by atoms with Gasteiger partial charge >= 0.3 is 0 Å². The van der Waals surface area contributed by atoms with Gasteiger partial charge < -0.3 is 5.32 Å². The van der Waals surface area contributed by atoms with E-state index in [0.717, 1.165) is 22.3 Å². The first-order valence-electron chi connectivity index (χ1n) is 10.8. The van der Waals surface area contributed by atoms with Crippen LogP contribution in [0, 0.1) is 12.8 Å². The molecule has 5 nitrogen and oxygen atoms in total. The first kappa shape index (κ1) is 19.4. The third-order valence-corrected chi connectivity index (χ3v) is 8.11. The number of aryl methyl sites for hydroxylation is 1. The zero-order chi connectivity index (χ0) is 20.7. The predicted molar refractivity (Wildman–Crippen MR) is 120 cm³/mol. The molecule has 1 fully saturated rings. The van der Waals surface area contributed by atoms with E-state index in [0.29, 0.717) is 22.9 Å². The Hall–Kier alpha value is -2.60. The van der Waals surface area contributed by atoms with Gasteiger partial charge in [0.1, 0.15) is 5.84 Å². The molecule has 2 aliphatic rings. The molecule has 0 spiro atoms. The SMILES string of the molecule is Cc1ccc(S(=O)(=O)n2cc(C3CN=C(C4CCCCC4)N3)c3ccccc32)cc1. The van der Waals surface area contributed by atoms with E-state index >= 15 is 0 Å². The number of nitrogens with one attached hydrogen (secondary N) is 1. The maximum atomic E-state index is 13.4. The number of para-hydroxylation sites is 1. The van der Waals surface area contributed by atoms with Gasteiger partial charge in [0.05, 0.1) is 23.0 Å². The van der Waals surface area contributed by atoms with Gasteiger partial charge in [-0.2, -0.15) is 0 Å². The molecule has 0 amide bonds. The molecule has 0 bridgehead atoms. The van der Waals surface area contributed by atoms with Gasteiger partial charge in [-0.05, 0) is 38.0 Å². The molecule has 2 aromatic carbocycles. The van der Waals surface area contributed by atoms with E-state index < -0.39 is 10.0 Å². The normalized spacial score (nSPS) is 20.3. The number of fused-ring (bicyclic) bond motifs is 1. The molecule has 1 aromatic heterocycles. The van der Waals surface area contributed by atoms with E-state index in [1.54, 1.807) is 18.3 Å². The van der Waals surface area contributed by atoms with E-state index in [1.165, 1.54) is 36.1 Å². The molecule has 1 saturated carbocycles. The Labute approximate surface area is 177 Å². The lowest BCUT2D eigenvalue weighted by Gasteiger charge is -2.23. The Morgan fingerprint density at radius 3 is 2.50 bits per heavy atom. The van der Waals surface area contributed by atoms with Crippen LogP contribution in [0.25, 0.3) is 10.9 Å². The van der Waals surface area contributed by atoms with Crippen molar-refractivity contribution in [3.05, 3.63) is 65.9 Å². The molecule has 1 aliphatic carbocycles. The number of hydrogen-bond acceptors (Lipinski definition) is 4. The van der Waals surface area contributed by atoms with Crippen molar-refractivity contribution in [3.63, 3.8) is 0 Å². The highest BCUT2D eigenvalue weighted by atomic mass is 32.2. The quantitative estimate of drug-likeness (QED) is 0.657. The number of rotatable bonds is 4. The average molecular weight is 422 g/mol. The first-order valence-corrected chi connectivity index (χ1v) is 12.2. The molecule has 1 atom stereocenters. The smallest absolute Gasteiger partial charge is 0.268 e. The van der Waals surface area contributed by atoms with Gasteiger partial charge in [0.2, 0.25) is 0 Å². The largest absolute Gasteiger partial charge is 0.365 e. The van der Waals surface area contributed by atoms with E-state index in [1.807, 2.05) is 43.3 Å². The minimum Gasteiger partial charge on any atom is -0.365 e. The summed E-state index contributed by atoms with van der Waals surface area (Å²) in [6.45, 7) is 2.61. The fourth-order valence-corrected chi connectivity index (χ4v) is 6.11. The molecule has 1 aliphatic heterocycles. The van der Waals surface area contributed by atoms with Gasteiger partial charge in [-0.25, -0.2) is 12.4 Å². The number of hydrogen-bond donors (Lipinski definition) is 1. The summed E-state index contributed by atoms with van der Waals surface area (Å²) in [6, 6.07) is 14.8. The Morgan fingerprint density at radius 2 is 1.73 bits per heavy atom. The minimum atomic E-state index is -3.67. The van der Waals surface area contributed by atoms with Crippen molar-refractivity contribution in [2.45, 2.75) is 50.0 Å². The van der Waals surface area contributed by atoms with E-state index in [-0.39, 0.29) is 6.04 Å². The summed E-state index contributed by atoms with van der Waals surface area (Å²) in [4.78, 5) is 5.11. The van der Waals surface area contributed by atoms with Crippen molar-refractivity contribution in [2.75, 3.05) is 6.54 Å². The molecular weight excluding hydrogens is 394 g/mol. The van der Waals surface area contributed by atoms with E-state index in [2.05, 4.69) is 5.32 Å². The van der Waals surface area contributed by atoms with Crippen LogP contribution in [0.5, 0.6) is 0 Å². The maximum Gasteiger partial charge on any atom is 0.268 e. The summed E-state index contributed by atoms with van der Waals surface area (Å²) in [6.07, 6.45) is 8.03. The molecule has 30 heavy (non-hydrogen) atoms. The summed E-state index contributed by atoms with van der Waals surface area (Å²) in [5.74, 6) is 1.63. The summed E-state index contributed by atoms with van der Waals surface area (Å²) < 4.78 is 28.3. The fourth-order valence-electron chi connectivity index (χ4n) is 4.73. The van der Waals surface area contributed by atoms with Crippen LogP contribution in [0.4, 0.5) is 0 Å². The molecule has 5 rings (SSSR count). The Balaban J connectivity index is 1.52. The zero-order valence-corrected chi connectivity index (χ0v) is 18.0. The van der Waals surface area contributed by atoms with Gasteiger partial charge in [0.25, 0.3) is 10.0 Å². The number of aliphatic imine (C=N–C) groups is 1. The third kappa shape index (κ3) is 3.33. The van der Waals surface area contributed by atoms with Crippen LogP contribution < -0.4 is 5.32 Å². The molecule has 0 saturated heterocycles. The van der Waals surface area contributed by atoms with Gasteiger partial charge in [-0.15, -0.1) is 0 Å². The summed E-state index contributed by atoms with van der Waals surface area (Å²) in [5, 5.41) is 4.59. The number of nitrogens with zero attached hydrogens (tertiary/aromatic N) is 2. The Morgan fingerprint density at radius 1 is 1.00 bits per heavy atom. The van der Waals surface area contributed by atoms with Crippen LogP contribution in [0.15, 0.2) is 64.6 Å². The van der Waals surface area contributed by atoms with Crippen LogP contribution in [0.1, 0.15) is 49.3 Å². The van der Waals surface area contributed by atoms with Crippen molar-refractivity contribution >= 4 is 26.8 Å². The average Bonchev–Trinajstić information content (AvgIpc) is 3.40. The van der Waals surface area contributed by atoms with Gasteiger partial charge in [-0.3, -0.25) is 4.99 Å². The summed E-state index contributed by atoms with van der Waals surface area (Å²) in [7, 11) is -3.67. The highest BCUT2D eigenvalue weighted by Crippen LogP contribution is 2.33. The monoisotopic (exact) mass is 421 g/mol. The van der Waals surface area contributed by atoms with Gasteiger partial charge in [0.15, 0.2) is 0 Å². The zero-order valence-electron chi connectivity index (χ0n) is 17.2. The lowest BCUT2D eigenvalue weighted by Crippen LogP contribution is -2.30. The lowest BCUT2D eigenvalue weighted by molar-refractivity contribution is 0.432. The molecular formula is C24H27N3O2S. The van der Waals surface area contributed by atoms with E-state index in [4.69, 9.17) is 4.99 Å². The van der Waals surface area contributed by atoms with Crippen molar-refractivity contribution in [2.24, 2.45) is 10.9 Å². The molecule has 156 valence electrons. The van der Waals surface area contributed by atoms with Crippen molar-refractivity contribution < 1.29 is 8.42 Å². The predicted octanol–water partition coefficient (Wildman–Crippen LogP) is 4.81. The Kier molecular flexibility index (Phi) is 4.89. The van der Waals surface area contributed by atoms with Crippen LogP contribution in [-0.2, 0) is 10.0 Å². The fraction of sp³-hybridized carbons (Fsp3) is 0.375. The first-order chi connectivity index (χ1) is 14.5. The molecule has 1 unspecified atom stereocenters. The topological polar surface area (TPSA) is 63.5 Å². The minimum absolute atomic E-state index is 0.0151. The van der Waals surface area contributed by atoms with Gasteiger partial charge in [-0.1, -0.05) is 55.2 Å². The second kappa shape index (κ2) is 7.58. The molecule has 0 radical (unpaired) electrons. The number of benzene rings is 2. The molecule has 1 N–H and O–H groups in total. The second-order valence-electron chi connectivity index (χ2n) is 8.47. The van der Waals surface area contributed by atoms with Crippen LogP contribution in [0.2, 0.25) is 0 Å². The van der Waals surface area contributed by atoms with Crippen molar-refractivity contribution in [1.29, 1.82) is 0 Å². The second-order valence-corrected chi connectivity index (χ2v) is 10.3. The highest BCUT2D eigenvalue weighted by molar-refractivity contribution is 7.90. The molecule has 6 heteroatoms. The third-order valence-electron chi connectivity index (χ3n) is 6.42. The van der Waals surface area contributed by atoms with Crippen molar-refractivity contribution in [3.8, 4) is 0 Å². The highest BCUT2D eigenvalue weighted by Gasteiger charge is 2.30. The Bertz CT molecular complexity index is 1200. The van der Waals surface area contributed by atoms with Crippen LogP contribution in [-0.4, -0.2) is 24.8 Å². The summed E-state index contributed by atoms with van der Waals surface area (Å²) >= 11 is 0. The van der Waals surface area contributed by atoms with Crippen molar-refractivity contribution in [1.82, 2.24) is 9.29 Å². The summed E-state index contributed by atoms with van der Waals surface area (Å²) in [5.41, 5.74) is 2.74. The van der Waals surface area contributed by atoms with Crippen LogP contribution in [0.3, 0.4) is 0 Å². The number of aromatic nitrogens is 1. The molecule has 3 aromatic rings. The maximum absolute atomic E-state index is 13.4. The lowest BCUT2D eigenvalue weighted by atomic mass is 9.88. The van der Waals surface area contributed by atoms with Crippen LogP contribution >= 0.6 is 0 Å². The number of amidine groups is 1. The van der Waals surface area contributed by atoms with Gasteiger partial charge in [0, 0.05) is 23.1 Å². The van der Waals surface area contributed by atoms with E-state index in [9.17, 15) is 8.42 Å². The molecule has 2 heterocycles.